The SMILES string of the molecule is CC1CCN(C(=O)C(c2ccccc2)C2CCCC2)CC1. The summed E-state index contributed by atoms with van der Waals surface area (Å²) in [5, 5.41) is 0. The fraction of sp³-hybridized carbons (Fsp3) is 0.632. The summed E-state index contributed by atoms with van der Waals surface area (Å²) in [6, 6.07) is 10.5. The molecule has 1 atom stereocenters. The number of rotatable bonds is 3. The molecule has 0 aromatic heterocycles. The minimum atomic E-state index is 0.0992. The van der Waals surface area contributed by atoms with Crippen molar-refractivity contribution >= 4 is 5.91 Å². The van der Waals surface area contributed by atoms with Gasteiger partial charge in [0.15, 0.2) is 0 Å². The van der Waals surface area contributed by atoms with E-state index in [4.69, 9.17) is 0 Å². The molecule has 1 saturated carbocycles. The Labute approximate surface area is 128 Å². The number of carbonyl (C=O) groups excluding carboxylic acids is 1. The van der Waals surface area contributed by atoms with Crippen LogP contribution in [0.3, 0.4) is 0 Å². The molecule has 0 bridgehead atoms. The van der Waals surface area contributed by atoms with Crippen LogP contribution in [-0.4, -0.2) is 23.9 Å². The molecule has 2 nitrogen and oxygen atoms in total. The van der Waals surface area contributed by atoms with Gasteiger partial charge in [-0.3, -0.25) is 4.79 Å². The number of nitrogens with zero attached hydrogens (tertiary/aromatic N) is 1. The predicted octanol–water partition coefficient (Wildman–Crippen LogP) is 4.22. The number of hydrogen-bond donors (Lipinski definition) is 0. The first-order valence-electron chi connectivity index (χ1n) is 8.59. The van der Waals surface area contributed by atoms with E-state index in [9.17, 15) is 4.79 Å². The normalized spacial score (nSPS) is 22.4. The highest BCUT2D eigenvalue weighted by molar-refractivity contribution is 5.84. The summed E-state index contributed by atoms with van der Waals surface area (Å²) in [4.78, 5) is 15.3. The van der Waals surface area contributed by atoms with Crippen LogP contribution in [0.1, 0.15) is 56.9 Å². The fourth-order valence-electron chi connectivity index (χ4n) is 3.99. The Hall–Kier alpha value is -1.31. The molecule has 2 fully saturated rings. The Balaban J connectivity index is 1.79. The largest absolute Gasteiger partial charge is 0.342 e. The van der Waals surface area contributed by atoms with E-state index in [1.165, 1.54) is 31.2 Å². The Morgan fingerprint density at radius 2 is 1.67 bits per heavy atom. The number of amides is 1. The average molecular weight is 285 g/mol. The van der Waals surface area contributed by atoms with Gasteiger partial charge in [-0.15, -0.1) is 0 Å². The molecule has 1 aromatic rings. The zero-order valence-electron chi connectivity index (χ0n) is 13.1. The number of piperidine rings is 1. The first-order chi connectivity index (χ1) is 10.3. The van der Waals surface area contributed by atoms with Gasteiger partial charge in [0.25, 0.3) is 0 Å². The van der Waals surface area contributed by atoms with Crippen LogP contribution in [0.4, 0.5) is 0 Å². The highest BCUT2D eigenvalue weighted by Crippen LogP contribution is 2.39. The molecule has 0 radical (unpaired) electrons. The summed E-state index contributed by atoms with van der Waals surface area (Å²) in [6.45, 7) is 4.21. The highest BCUT2D eigenvalue weighted by atomic mass is 16.2. The molecule has 2 aliphatic rings. The van der Waals surface area contributed by atoms with Crippen molar-refractivity contribution in [2.24, 2.45) is 11.8 Å². The predicted molar refractivity (Wildman–Crippen MR) is 86.1 cm³/mol. The van der Waals surface area contributed by atoms with Crippen molar-refractivity contribution in [1.82, 2.24) is 4.90 Å². The van der Waals surface area contributed by atoms with E-state index >= 15 is 0 Å². The smallest absolute Gasteiger partial charge is 0.230 e. The van der Waals surface area contributed by atoms with Crippen molar-refractivity contribution < 1.29 is 4.79 Å². The summed E-state index contributed by atoms with van der Waals surface area (Å²) in [6.07, 6.45) is 7.34. The second-order valence-electron chi connectivity index (χ2n) is 6.94. The lowest BCUT2D eigenvalue weighted by atomic mass is 9.83. The summed E-state index contributed by atoms with van der Waals surface area (Å²) < 4.78 is 0. The lowest BCUT2D eigenvalue weighted by molar-refractivity contribution is -0.135. The summed E-state index contributed by atoms with van der Waals surface area (Å²) in [5.41, 5.74) is 1.23. The van der Waals surface area contributed by atoms with Crippen molar-refractivity contribution in [3.63, 3.8) is 0 Å². The molecule has 1 aliphatic carbocycles. The second kappa shape index (κ2) is 6.64. The average Bonchev–Trinajstić information content (AvgIpc) is 3.03. The third-order valence-electron chi connectivity index (χ3n) is 5.39. The second-order valence-corrected chi connectivity index (χ2v) is 6.94. The van der Waals surface area contributed by atoms with Crippen LogP contribution >= 0.6 is 0 Å². The Kier molecular flexibility index (Phi) is 4.62. The first-order valence-corrected chi connectivity index (χ1v) is 8.59. The van der Waals surface area contributed by atoms with Crippen LogP contribution in [0.25, 0.3) is 0 Å². The molecule has 1 aromatic carbocycles. The third kappa shape index (κ3) is 3.30. The summed E-state index contributed by atoms with van der Waals surface area (Å²) in [5.74, 6) is 1.82. The number of hydrogen-bond acceptors (Lipinski definition) is 1. The Bertz CT molecular complexity index is 456. The minimum absolute atomic E-state index is 0.0992. The van der Waals surface area contributed by atoms with Gasteiger partial charge in [0, 0.05) is 13.1 Å². The Morgan fingerprint density at radius 3 is 2.29 bits per heavy atom. The van der Waals surface area contributed by atoms with E-state index in [0.717, 1.165) is 31.8 Å². The van der Waals surface area contributed by atoms with Gasteiger partial charge in [-0.1, -0.05) is 50.1 Å². The number of likely N-dealkylation sites (tertiary alicyclic amines) is 1. The highest BCUT2D eigenvalue weighted by Gasteiger charge is 2.35. The Morgan fingerprint density at radius 1 is 1.05 bits per heavy atom. The zero-order chi connectivity index (χ0) is 14.7. The molecule has 2 heteroatoms. The van der Waals surface area contributed by atoms with Gasteiger partial charge in [0.05, 0.1) is 5.92 Å². The molecule has 0 N–H and O–H groups in total. The molecular formula is C19H27NO. The molecule has 3 rings (SSSR count). The van der Waals surface area contributed by atoms with Crippen molar-refractivity contribution in [3.05, 3.63) is 35.9 Å². The zero-order valence-corrected chi connectivity index (χ0v) is 13.1. The van der Waals surface area contributed by atoms with E-state index in [1.807, 2.05) is 6.07 Å². The van der Waals surface area contributed by atoms with Crippen molar-refractivity contribution in [1.29, 1.82) is 0 Å². The summed E-state index contributed by atoms with van der Waals surface area (Å²) >= 11 is 0. The van der Waals surface area contributed by atoms with Crippen LogP contribution in [-0.2, 0) is 4.79 Å². The molecular weight excluding hydrogens is 258 g/mol. The minimum Gasteiger partial charge on any atom is -0.342 e. The maximum atomic E-state index is 13.1. The first kappa shape index (κ1) is 14.6. The van der Waals surface area contributed by atoms with Gasteiger partial charge in [0.1, 0.15) is 0 Å². The standard InChI is InChI=1S/C19H27NO/c1-15-11-13-20(14-12-15)19(21)18(17-9-5-6-10-17)16-7-3-2-4-8-16/h2-4,7-8,15,17-18H,5-6,9-14H2,1H3. The van der Waals surface area contributed by atoms with E-state index < -0.39 is 0 Å². The van der Waals surface area contributed by atoms with Crippen LogP contribution < -0.4 is 0 Å². The maximum Gasteiger partial charge on any atom is 0.230 e. The van der Waals surface area contributed by atoms with Crippen molar-refractivity contribution in [3.8, 4) is 0 Å². The third-order valence-corrected chi connectivity index (χ3v) is 5.39. The van der Waals surface area contributed by atoms with Crippen LogP contribution in [0.15, 0.2) is 30.3 Å². The van der Waals surface area contributed by atoms with Crippen LogP contribution in [0, 0.1) is 11.8 Å². The molecule has 1 amide bonds. The fourth-order valence-corrected chi connectivity index (χ4v) is 3.99. The van der Waals surface area contributed by atoms with Gasteiger partial charge in [-0.05, 0) is 43.1 Å². The van der Waals surface area contributed by atoms with Gasteiger partial charge in [0.2, 0.25) is 5.91 Å². The topological polar surface area (TPSA) is 20.3 Å². The van der Waals surface area contributed by atoms with E-state index in [2.05, 4.69) is 36.1 Å². The maximum absolute atomic E-state index is 13.1. The van der Waals surface area contributed by atoms with Gasteiger partial charge in [-0.2, -0.15) is 0 Å². The van der Waals surface area contributed by atoms with Crippen molar-refractivity contribution in [2.75, 3.05) is 13.1 Å². The molecule has 1 aliphatic heterocycles. The van der Waals surface area contributed by atoms with Crippen molar-refractivity contribution in [2.45, 2.75) is 51.4 Å². The number of benzene rings is 1. The van der Waals surface area contributed by atoms with E-state index in [-0.39, 0.29) is 5.92 Å². The molecule has 0 spiro atoms. The van der Waals surface area contributed by atoms with Crippen LogP contribution in [0.5, 0.6) is 0 Å². The molecule has 1 saturated heterocycles. The molecule has 1 heterocycles. The van der Waals surface area contributed by atoms with Gasteiger partial charge in [-0.25, -0.2) is 0 Å². The molecule has 1 unspecified atom stereocenters. The molecule has 114 valence electrons. The monoisotopic (exact) mass is 285 g/mol. The van der Waals surface area contributed by atoms with Crippen LogP contribution in [0.2, 0.25) is 0 Å². The lowest BCUT2D eigenvalue weighted by Crippen LogP contribution is -2.42. The van der Waals surface area contributed by atoms with E-state index in [0.29, 0.717) is 11.8 Å². The number of carbonyl (C=O) groups is 1. The van der Waals surface area contributed by atoms with E-state index in [1.54, 1.807) is 0 Å². The molecule has 21 heavy (non-hydrogen) atoms. The lowest BCUT2D eigenvalue weighted by Gasteiger charge is -2.35. The quantitative estimate of drug-likeness (QED) is 0.814. The summed E-state index contributed by atoms with van der Waals surface area (Å²) in [7, 11) is 0. The van der Waals surface area contributed by atoms with Gasteiger partial charge < -0.3 is 4.90 Å². The van der Waals surface area contributed by atoms with Gasteiger partial charge >= 0.3 is 0 Å².